The lowest BCUT2D eigenvalue weighted by atomic mass is 10.1. The topological polar surface area (TPSA) is 15.3 Å². The summed E-state index contributed by atoms with van der Waals surface area (Å²) >= 11 is 6.44. The Morgan fingerprint density at radius 1 is 1.32 bits per heavy atom. The maximum absolute atomic E-state index is 6.44. The number of halogens is 1. The van der Waals surface area contributed by atoms with Crippen molar-refractivity contribution in [2.75, 3.05) is 11.9 Å². The van der Waals surface area contributed by atoms with Crippen LogP contribution in [0.2, 0.25) is 5.02 Å². The molecular formula is C16H25ClN2. The van der Waals surface area contributed by atoms with Crippen LogP contribution in [0.3, 0.4) is 0 Å². The highest BCUT2D eigenvalue weighted by Gasteiger charge is 2.31. The molecule has 2 nitrogen and oxygen atoms in total. The first-order chi connectivity index (χ1) is 9.00. The van der Waals surface area contributed by atoms with Gasteiger partial charge in [-0.15, -0.1) is 0 Å². The van der Waals surface area contributed by atoms with E-state index in [1.807, 2.05) is 12.1 Å². The fourth-order valence-electron chi connectivity index (χ4n) is 2.51. The van der Waals surface area contributed by atoms with E-state index < -0.39 is 0 Å². The van der Waals surface area contributed by atoms with Crippen LogP contribution in [0.15, 0.2) is 18.2 Å². The van der Waals surface area contributed by atoms with Crippen molar-refractivity contribution in [3.63, 3.8) is 0 Å². The van der Waals surface area contributed by atoms with E-state index in [1.165, 1.54) is 24.1 Å². The molecule has 0 aliphatic heterocycles. The summed E-state index contributed by atoms with van der Waals surface area (Å²) in [6.07, 6.45) is 2.71. The third kappa shape index (κ3) is 3.64. The first-order valence-electron chi connectivity index (χ1n) is 7.24. The fraction of sp³-hybridized carbons (Fsp3) is 0.625. The van der Waals surface area contributed by atoms with Crippen molar-refractivity contribution in [3.05, 3.63) is 28.8 Å². The molecule has 0 bridgehead atoms. The molecule has 0 radical (unpaired) electrons. The van der Waals surface area contributed by atoms with E-state index in [0.717, 1.165) is 17.5 Å². The van der Waals surface area contributed by atoms with Crippen molar-refractivity contribution in [1.82, 2.24) is 5.32 Å². The van der Waals surface area contributed by atoms with Crippen LogP contribution in [0.5, 0.6) is 0 Å². The molecule has 3 heteroatoms. The quantitative estimate of drug-likeness (QED) is 0.845. The molecule has 0 aromatic heterocycles. The van der Waals surface area contributed by atoms with Gasteiger partial charge in [0, 0.05) is 25.7 Å². The van der Waals surface area contributed by atoms with Crippen LogP contribution >= 0.6 is 11.6 Å². The van der Waals surface area contributed by atoms with Crippen molar-refractivity contribution >= 4 is 17.3 Å². The maximum Gasteiger partial charge on any atom is 0.0642 e. The molecule has 19 heavy (non-hydrogen) atoms. The van der Waals surface area contributed by atoms with E-state index in [9.17, 15) is 0 Å². The summed E-state index contributed by atoms with van der Waals surface area (Å²) in [5.74, 6) is 0.840. The average Bonchev–Trinajstić information content (AvgIpc) is 3.19. The Morgan fingerprint density at radius 2 is 2.00 bits per heavy atom. The summed E-state index contributed by atoms with van der Waals surface area (Å²) in [7, 11) is 2.17. The zero-order valence-electron chi connectivity index (χ0n) is 12.4. The molecule has 2 rings (SSSR count). The van der Waals surface area contributed by atoms with Gasteiger partial charge in [-0.25, -0.2) is 0 Å². The number of benzene rings is 1. The standard InChI is InChI=1S/C16H25ClN2/c1-11(2)18-10-14-6-5-7-15(17)16(14)19(4)12(3)13-8-9-13/h5-7,11-13,18H,8-10H2,1-4H3. The lowest BCUT2D eigenvalue weighted by molar-refractivity contribution is 0.579. The van der Waals surface area contributed by atoms with Gasteiger partial charge in [-0.05, 0) is 37.3 Å². The van der Waals surface area contributed by atoms with Crippen LogP contribution in [0, 0.1) is 5.92 Å². The Labute approximate surface area is 122 Å². The fourth-order valence-corrected chi connectivity index (χ4v) is 2.84. The van der Waals surface area contributed by atoms with Crippen molar-refractivity contribution in [2.45, 2.75) is 52.2 Å². The second-order valence-corrected chi connectivity index (χ2v) is 6.38. The van der Waals surface area contributed by atoms with Gasteiger partial charge >= 0.3 is 0 Å². The number of nitrogens with zero attached hydrogens (tertiary/aromatic N) is 1. The van der Waals surface area contributed by atoms with Crippen molar-refractivity contribution < 1.29 is 0 Å². The zero-order valence-corrected chi connectivity index (χ0v) is 13.2. The van der Waals surface area contributed by atoms with Crippen molar-refractivity contribution in [3.8, 4) is 0 Å². The molecule has 0 amide bonds. The van der Waals surface area contributed by atoms with Gasteiger partial charge in [0.25, 0.3) is 0 Å². The van der Waals surface area contributed by atoms with E-state index in [-0.39, 0.29) is 0 Å². The molecule has 1 saturated carbocycles. The Hall–Kier alpha value is -0.730. The van der Waals surface area contributed by atoms with Crippen molar-refractivity contribution in [1.29, 1.82) is 0 Å². The molecule has 1 aliphatic carbocycles. The second-order valence-electron chi connectivity index (χ2n) is 5.97. The normalized spacial score (nSPS) is 16.7. The summed E-state index contributed by atoms with van der Waals surface area (Å²) in [6, 6.07) is 7.26. The lowest BCUT2D eigenvalue weighted by Gasteiger charge is -2.30. The highest BCUT2D eigenvalue weighted by atomic mass is 35.5. The van der Waals surface area contributed by atoms with Crippen LogP contribution in [0.4, 0.5) is 5.69 Å². The Kier molecular flexibility index (Phi) is 4.75. The van der Waals surface area contributed by atoms with Gasteiger partial charge in [0.15, 0.2) is 0 Å². The monoisotopic (exact) mass is 280 g/mol. The zero-order chi connectivity index (χ0) is 14.0. The minimum atomic E-state index is 0.484. The predicted molar refractivity (Wildman–Crippen MR) is 84.0 cm³/mol. The van der Waals surface area contributed by atoms with E-state index in [4.69, 9.17) is 11.6 Å². The number of para-hydroxylation sites is 1. The number of hydrogen-bond acceptors (Lipinski definition) is 2. The second kappa shape index (κ2) is 6.15. The molecule has 1 aromatic carbocycles. The van der Waals surface area contributed by atoms with Crippen LogP contribution in [-0.4, -0.2) is 19.1 Å². The molecule has 1 N–H and O–H groups in total. The van der Waals surface area contributed by atoms with Gasteiger partial charge in [0.05, 0.1) is 10.7 Å². The molecule has 1 unspecified atom stereocenters. The summed E-state index contributed by atoms with van der Waals surface area (Å²) < 4.78 is 0. The van der Waals surface area contributed by atoms with E-state index >= 15 is 0 Å². The minimum Gasteiger partial charge on any atom is -0.370 e. The van der Waals surface area contributed by atoms with Crippen LogP contribution in [-0.2, 0) is 6.54 Å². The molecule has 0 spiro atoms. The minimum absolute atomic E-state index is 0.484. The third-order valence-corrected chi connectivity index (χ3v) is 4.34. The highest BCUT2D eigenvalue weighted by Crippen LogP contribution is 2.39. The third-order valence-electron chi connectivity index (χ3n) is 4.04. The molecule has 1 fully saturated rings. The summed E-state index contributed by atoms with van der Waals surface area (Å²) in [5, 5.41) is 4.34. The highest BCUT2D eigenvalue weighted by molar-refractivity contribution is 6.33. The molecule has 0 saturated heterocycles. The van der Waals surface area contributed by atoms with Gasteiger partial charge < -0.3 is 10.2 Å². The molecule has 1 aliphatic rings. The SMILES string of the molecule is CC(C)NCc1cccc(Cl)c1N(C)C(C)C1CC1. The molecule has 1 aromatic rings. The number of nitrogens with one attached hydrogen (secondary N) is 1. The van der Waals surface area contributed by atoms with Crippen molar-refractivity contribution in [2.24, 2.45) is 5.92 Å². The first-order valence-corrected chi connectivity index (χ1v) is 7.62. The van der Waals surface area contributed by atoms with Gasteiger partial charge in [0.2, 0.25) is 0 Å². The maximum atomic E-state index is 6.44. The Morgan fingerprint density at radius 3 is 2.58 bits per heavy atom. The Balaban J connectivity index is 2.20. The smallest absolute Gasteiger partial charge is 0.0642 e. The van der Waals surface area contributed by atoms with Gasteiger partial charge in [0.1, 0.15) is 0 Å². The average molecular weight is 281 g/mol. The predicted octanol–water partition coefficient (Wildman–Crippen LogP) is 4.07. The largest absolute Gasteiger partial charge is 0.370 e. The van der Waals surface area contributed by atoms with Gasteiger partial charge in [-0.2, -0.15) is 0 Å². The number of anilines is 1. The van der Waals surface area contributed by atoms with Crippen LogP contribution in [0.25, 0.3) is 0 Å². The van der Waals surface area contributed by atoms with E-state index in [0.29, 0.717) is 12.1 Å². The molecule has 0 heterocycles. The summed E-state index contributed by atoms with van der Waals surface area (Å²) in [4.78, 5) is 2.36. The first kappa shape index (κ1) is 14.7. The molecular weight excluding hydrogens is 256 g/mol. The molecule has 1 atom stereocenters. The van der Waals surface area contributed by atoms with Gasteiger partial charge in [-0.1, -0.05) is 37.6 Å². The van der Waals surface area contributed by atoms with Crippen LogP contribution < -0.4 is 10.2 Å². The number of hydrogen-bond donors (Lipinski definition) is 1. The summed E-state index contributed by atoms with van der Waals surface area (Å²) in [5.41, 5.74) is 2.48. The van der Waals surface area contributed by atoms with E-state index in [1.54, 1.807) is 0 Å². The summed E-state index contributed by atoms with van der Waals surface area (Å²) in [6.45, 7) is 7.51. The van der Waals surface area contributed by atoms with Gasteiger partial charge in [-0.3, -0.25) is 0 Å². The number of rotatable bonds is 6. The lowest BCUT2D eigenvalue weighted by Crippen LogP contribution is -2.32. The van der Waals surface area contributed by atoms with Crippen LogP contribution in [0.1, 0.15) is 39.2 Å². The van der Waals surface area contributed by atoms with E-state index in [2.05, 4.69) is 44.1 Å². The molecule has 106 valence electrons. The Bertz CT molecular complexity index is 427.